The number of likely N-dealkylation sites (tertiary alicyclic amines) is 1. The summed E-state index contributed by atoms with van der Waals surface area (Å²) in [4.78, 5) is 6.21. The van der Waals surface area contributed by atoms with Crippen molar-refractivity contribution < 1.29 is 0 Å². The van der Waals surface area contributed by atoms with E-state index in [4.69, 9.17) is 5.73 Å². The number of aliphatic imine (C=N–C) groups is 1. The molecule has 1 heterocycles. The van der Waals surface area contributed by atoms with Crippen LogP contribution < -0.4 is 5.73 Å². The summed E-state index contributed by atoms with van der Waals surface area (Å²) in [5.41, 5.74) is 7.23. The van der Waals surface area contributed by atoms with Gasteiger partial charge in [-0.05, 0) is 24.3 Å². The molecule has 1 unspecified atom stereocenters. The number of guanidine groups is 1. The van der Waals surface area contributed by atoms with Crippen molar-refractivity contribution in [3.63, 3.8) is 0 Å². The first kappa shape index (κ1) is 11.0. The minimum absolute atomic E-state index is 0.676. The van der Waals surface area contributed by atoms with Crippen LogP contribution in [0.2, 0.25) is 0 Å². The topological polar surface area (TPSA) is 41.6 Å². The Hall–Kier alpha value is -1.51. The third kappa shape index (κ3) is 2.54. The second kappa shape index (κ2) is 5.01. The smallest absolute Gasteiger partial charge is 0.190 e. The Labute approximate surface area is 97.0 Å². The summed E-state index contributed by atoms with van der Waals surface area (Å²) in [6.07, 6.45) is 2.36. The van der Waals surface area contributed by atoms with E-state index in [-0.39, 0.29) is 0 Å². The van der Waals surface area contributed by atoms with Gasteiger partial charge in [0.1, 0.15) is 0 Å². The molecule has 1 saturated heterocycles. The summed E-state index contributed by atoms with van der Waals surface area (Å²) in [5, 5.41) is 0. The fraction of sp³-hybridized carbons (Fsp3) is 0.462. The van der Waals surface area contributed by atoms with Gasteiger partial charge in [-0.25, -0.2) is 0 Å². The van der Waals surface area contributed by atoms with E-state index in [1.165, 1.54) is 12.0 Å². The molecule has 0 aliphatic carbocycles. The van der Waals surface area contributed by atoms with E-state index in [2.05, 4.69) is 40.2 Å². The fourth-order valence-electron chi connectivity index (χ4n) is 2.30. The summed E-state index contributed by atoms with van der Waals surface area (Å²) in [5.74, 6) is 1.39. The van der Waals surface area contributed by atoms with E-state index in [0.717, 1.165) is 19.5 Å². The summed E-state index contributed by atoms with van der Waals surface area (Å²) in [6, 6.07) is 10.7. The molecule has 2 N–H and O–H groups in total. The zero-order chi connectivity index (χ0) is 11.4. The number of nitrogens with two attached hydrogens (primary N) is 1. The molecule has 0 spiro atoms. The number of hydrogen-bond donors (Lipinski definition) is 1. The molecule has 1 aromatic rings. The van der Waals surface area contributed by atoms with Crippen molar-refractivity contribution >= 4 is 5.96 Å². The highest BCUT2D eigenvalue weighted by atomic mass is 15.3. The van der Waals surface area contributed by atoms with Gasteiger partial charge in [-0.15, -0.1) is 0 Å². The molecule has 1 atom stereocenters. The van der Waals surface area contributed by atoms with Crippen LogP contribution in [0, 0.1) is 5.92 Å². The highest BCUT2D eigenvalue weighted by Crippen LogP contribution is 2.20. The summed E-state index contributed by atoms with van der Waals surface area (Å²) in [6.45, 7) is 2.08. The van der Waals surface area contributed by atoms with Crippen LogP contribution in [-0.2, 0) is 6.42 Å². The van der Waals surface area contributed by atoms with Gasteiger partial charge in [0.2, 0.25) is 0 Å². The average Bonchev–Trinajstić information content (AvgIpc) is 2.78. The minimum Gasteiger partial charge on any atom is -0.370 e. The maximum Gasteiger partial charge on any atom is 0.190 e. The van der Waals surface area contributed by atoms with Crippen LogP contribution in [0.3, 0.4) is 0 Å². The van der Waals surface area contributed by atoms with Crippen LogP contribution in [-0.4, -0.2) is 31.0 Å². The van der Waals surface area contributed by atoms with Crippen molar-refractivity contribution in [1.29, 1.82) is 0 Å². The number of hydrogen-bond acceptors (Lipinski definition) is 1. The van der Waals surface area contributed by atoms with Crippen molar-refractivity contribution in [3.8, 4) is 0 Å². The zero-order valence-corrected chi connectivity index (χ0v) is 9.76. The Morgan fingerprint density at radius 2 is 2.19 bits per heavy atom. The van der Waals surface area contributed by atoms with Gasteiger partial charge in [-0.1, -0.05) is 30.3 Å². The predicted molar refractivity (Wildman–Crippen MR) is 67.4 cm³/mol. The molecule has 0 bridgehead atoms. The van der Waals surface area contributed by atoms with Gasteiger partial charge in [0.25, 0.3) is 0 Å². The molecule has 16 heavy (non-hydrogen) atoms. The van der Waals surface area contributed by atoms with E-state index in [9.17, 15) is 0 Å². The molecule has 0 radical (unpaired) electrons. The second-order valence-electron chi connectivity index (χ2n) is 4.37. The molecular weight excluding hydrogens is 198 g/mol. The number of benzene rings is 1. The summed E-state index contributed by atoms with van der Waals surface area (Å²) >= 11 is 0. The van der Waals surface area contributed by atoms with Crippen LogP contribution in [0.5, 0.6) is 0 Å². The molecule has 1 aliphatic rings. The Morgan fingerprint density at radius 3 is 2.88 bits per heavy atom. The molecule has 0 aromatic heterocycles. The lowest BCUT2D eigenvalue weighted by Gasteiger charge is -2.16. The fourth-order valence-corrected chi connectivity index (χ4v) is 2.30. The SMILES string of the molecule is CN=C(N)N1CCC(Cc2ccccc2)C1. The maximum absolute atomic E-state index is 5.81. The van der Waals surface area contributed by atoms with E-state index in [0.29, 0.717) is 11.9 Å². The first-order chi connectivity index (χ1) is 7.79. The minimum atomic E-state index is 0.676. The lowest BCUT2D eigenvalue weighted by Crippen LogP contribution is -2.35. The van der Waals surface area contributed by atoms with Crippen molar-refractivity contribution in [2.75, 3.05) is 20.1 Å². The van der Waals surface area contributed by atoms with E-state index < -0.39 is 0 Å². The lowest BCUT2D eigenvalue weighted by atomic mass is 9.99. The number of nitrogens with zero attached hydrogens (tertiary/aromatic N) is 2. The highest BCUT2D eigenvalue weighted by molar-refractivity contribution is 5.78. The van der Waals surface area contributed by atoms with Crippen molar-refractivity contribution in [2.45, 2.75) is 12.8 Å². The van der Waals surface area contributed by atoms with Gasteiger partial charge in [0.15, 0.2) is 5.96 Å². The molecule has 0 saturated carbocycles. The van der Waals surface area contributed by atoms with Crippen LogP contribution in [0.1, 0.15) is 12.0 Å². The van der Waals surface area contributed by atoms with Crippen LogP contribution in [0.15, 0.2) is 35.3 Å². The van der Waals surface area contributed by atoms with Crippen LogP contribution in [0.25, 0.3) is 0 Å². The van der Waals surface area contributed by atoms with E-state index >= 15 is 0 Å². The summed E-state index contributed by atoms with van der Waals surface area (Å²) < 4.78 is 0. The predicted octanol–water partition coefficient (Wildman–Crippen LogP) is 1.50. The molecule has 2 rings (SSSR count). The second-order valence-corrected chi connectivity index (χ2v) is 4.37. The number of rotatable bonds is 2. The van der Waals surface area contributed by atoms with Crippen molar-refractivity contribution in [1.82, 2.24) is 4.90 Å². The molecule has 86 valence electrons. The van der Waals surface area contributed by atoms with Gasteiger partial charge >= 0.3 is 0 Å². The van der Waals surface area contributed by atoms with E-state index in [1.54, 1.807) is 7.05 Å². The molecule has 3 heteroatoms. The Kier molecular flexibility index (Phi) is 3.44. The van der Waals surface area contributed by atoms with Gasteiger partial charge in [0.05, 0.1) is 0 Å². The Morgan fingerprint density at radius 1 is 1.44 bits per heavy atom. The summed E-state index contributed by atoms with van der Waals surface area (Å²) in [7, 11) is 1.75. The van der Waals surface area contributed by atoms with Crippen molar-refractivity contribution in [3.05, 3.63) is 35.9 Å². The Balaban J connectivity index is 1.90. The van der Waals surface area contributed by atoms with Gasteiger partial charge < -0.3 is 10.6 Å². The normalized spacial score (nSPS) is 21.4. The molecule has 1 fully saturated rings. The first-order valence-corrected chi connectivity index (χ1v) is 5.80. The van der Waals surface area contributed by atoms with Crippen LogP contribution in [0.4, 0.5) is 0 Å². The van der Waals surface area contributed by atoms with Gasteiger partial charge in [0, 0.05) is 20.1 Å². The standard InChI is InChI=1S/C13H19N3/c1-15-13(14)16-8-7-12(10-16)9-11-5-3-2-4-6-11/h2-6,12H,7-10H2,1H3,(H2,14,15). The van der Waals surface area contributed by atoms with Gasteiger partial charge in [-0.2, -0.15) is 0 Å². The highest BCUT2D eigenvalue weighted by Gasteiger charge is 2.23. The first-order valence-electron chi connectivity index (χ1n) is 5.80. The van der Waals surface area contributed by atoms with E-state index in [1.807, 2.05) is 0 Å². The zero-order valence-electron chi connectivity index (χ0n) is 9.76. The molecule has 0 amide bonds. The third-order valence-corrected chi connectivity index (χ3v) is 3.21. The van der Waals surface area contributed by atoms with Crippen molar-refractivity contribution in [2.24, 2.45) is 16.6 Å². The quantitative estimate of drug-likeness (QED) is 0.602. The monoisotopic (exact) mass is 217 g/mol. The van der Waals surface area contributed by atoms with Gasteiger partial charge in [-0.3, -0.25) is 4.99 Å². The Bertz CT molecular complexity index is 359. The maximum atomic E-state index is 5.81. The average molecular weight is 217 g/mol. The molecule has 3 nitrogen and oxygen atoms in total. The third-order valence-electron chi connectivity index (χ3n) is 3.21. The molecule has 1 aromatic carbocycles. The largest absolute Gasteiger partial charge is 0.370 e. The molecule has 1 aliphatic heterocycles. The van der Waals surface area contributed by atoms with Crippen LogP contribution >= 0.6 is 0 Å². The molecular formula is C13H19N3. The lowest BCUT2D eigenvalue weighted by molar-refractivity contribution is 0.473.